The predicted molar refractivity (Wildman–Crippen MR) is 92.4 cm³/mol. The van der Waals surface area contributed by atoms with Crippen LogP contribution in [0.4, 0.5) is 0 Å². The first-order valence-corrected chi connectivity index (χ1v) is 8.39. The molecule has 0 radical (unpaired) electrons. The third-order valence-electron chi connectivity index (χ3n) is 5.06. The highest BCUT2D eigenvalue weighted by atomic mass is 16.7. The van der Waals surface area contributed by atoms with Crippen LogP contribution in [0, 0.1) is 0 Å². The zero-order valence-corrected chi connectivity index (χ0v) is 13.9. The van der Waals surface area contributed by atoms with Crippen molar-refractivity contribution >= 4 is 16.7 Å². The Morgan fingerprint density at radius 1 is 0.852 bits per heavy atom. The Hall–Kier alpha value is -3.61. The van der Waals surface area contributed by atoms with E-state index in [1.807, 2.05) is 12.1 Å². The second-order valence-electron chi connectivity index (χ2n) is 6.48. The molecular formula is C20H12O7. The first kappa shape index (κ1) is 14.5. The van der Waals surface area contributed by atoms with Gasteiger partial charge in [0.25, 0.3) is 0 Å². The fourth-order valence-electron chi connectivity index (χ4n) is 3.90. The van der Waals surface area contributed by atoms with E-state index in [1.165, 1.54) is 0 Å². The minimum absolute atomic E-state index is 0.0271. The highest BCUT2D eigenvalue weighted by molar-refractivity contribution is 6.10. The highest BCUT2D eigenvalue weighted by Gasteiger charge is 2.31. The molecule has 0 fully saturated rings. The number of phenols is 1. The van der Waals surface area contributed by atoms with E-state index < -0.39 is 0 Å². The normalized spacial score (nSPS) is 15.9. The van der Waals surface area contributed by atoms with Crippen LogP contribution in [0.15, 0.2) is 30.3 Å². The van der Waals surface area contributed by atoms with Crippen molar-refractivity contribution in [3.8, 4) is 39.9 Å². The summed E-state index contributed by atoms with van der Waals surface area (Å²) in [6.45, 7) is 0.333. The second kappa shape index (κ2) is 4.97. The van der Waals surface area contributed by atoms with Crippen LogP contribution >= 0.6 is 0 Å². The van der Waals surface area contributed by atoms with Gasteiger partial charge in [0, 0.05) is 16.5 Å². The molecule has 0 atom stereocenters. The van der Waals surface area contributed by atoms with E-state index >= 15 is 0 Å². The highest BCUT2D eigenvalue weighted by Crippen LogP contribution is 2.50. The molecule has 3 aromatic rings. The summed E-state index contributed by atoms with van der Waals surface area (Å²) in [6, 6.07) is 8.89. The van der Waals surface area contributed by atoms with Gasteiger partial charge in [-0.15, -0.1) is 0 Å². The van der Waals surface area contributed by atoms with E-state index in [0.717, 1.165) is 21.9 Å². The zero-order valence-electron chi connectivity index (χ0n) is 13.9. The number of benzene rings is 3. The third-order valence-corrected chi connectivity index (χ3v) is 5.06. The quantitative estimate of drug-likeness (QED) is 0.663. The molecule has 3 aliphatic rings. The predicted octanol–water partition coefficient (Wildman–Crippen LogP) is 3.34. The third kappa shape index (κ3) is 1.88. The van der Waals surface area contributed by atoms with Crippen LogP contribution in [0.25, 0.3) is 21.9 Å². The number of phenolic OH excluding ortho intramolecular Hbond substituents is 1. The van der Waals surface area contributed by atoms with Gasteiger partial charge in [0.15, 0.2) is 23.0 Å². The van der Waals surface area contributed by atoms with E-state index in [1.54, 1.807) is 18.2 Å². The lowest BCUT2D eigenvalue weighted by atomic mass is 9.89. The van der Waals surface area contributed by atoms with Gasteiger partial charge in [0.1, 0.15) is 6.61 Å². The lowest BCUT2D eigenvalue weighted by Crippen LogP contribution is -1.97. The van der Waals surface area contributed by atoms with Gasteiger partial charge in [-0.3, -0.25) is 0 Å². The van der Waals surface area contributed by atoms with Gasteiger partial charge in [-0.2, -0.15) is 0 Å². The topological polar surface area (TPSA) is 83.5 Å². The molecule has 7 nitrogen and oxygen atoms in total. The molecule has 0 amide bonds. The van der Waals surface area contributed by atoms with Crippen molar-refractivity contribution in [2.24, 2.45) is 0 Å². The molecular weight excluding hydrogens is 352 g/mol. The zero-order chi connectivity index (χ0) is 18.1. The molecule has 0 saturated carbocycles. The average Bonchev–Trinajstić information content (AvgIpc) is 3.39. The van der Waals surface area contributed by atoms with Crippen LogP contribution in [0.1, 0.15) is 15.9 Å². The summed E-state index contributed by atoms with van der Waals surface area (Å²) in [5.41, 5.74) is 2.69. The van der Waals surface area contributed by atoms with Gasteiger partial charge in [-0.05, 0) is 35.2 Å². The number of carbonyl (C=O) groups excluding carboxylic acids is 1. The number of hydrogen-bond acceptors (Lipinski definition) is 7. The maximum absolute atomic E-state index is 12.2. The molecule has 1 N–H and O–H groups in total. The van der Waals surface area contributed by atoms with Gasteiger partial charge in [0.2, 0.25) is 19.3 Å². The van der Waals surface area contributed by atoms with E-state index in [9.17, 15) is 9.90 Å². The van der Waals surface area contributed by atoms with E-state index in [2.05, 4.69) is 0 Å². The van der Waals surface area contributed by atoms with Crippen LogP contribution in [-0.2, 0) is 11.3 Å². The average molecular weight is 364 g/mol. The molecule has 3 aromatic carbocycles. The van der Waals surface area contributed by atoms with Crippen LogP contribution in [0.5, 0.6) is 28.7 Å². The number of esters is 1. The van der Waals surface area contributed by atoms with Gasteiger partial charge in [0.05, 0.1) is 5.56 Å². The minimum Gasteiger partial charge on any atom is -0.504 e. The van der Waals surface area contributed by atoms with Crippen LogP contribution in [0.3, 0.4) is 0 Å². The largest absolute Gasteiger partial charge is 0.504 e. The number of rotatable bonds is 1. The smallest absolute Gasteiger partial charge is 0.338 e. The molecule has 0 unspecified atom stereocenters. The van der Waals surface area contributed by atoms with Gasteiger partial charge in [-0.25, -0.2) is 4.79 Å². The van der Waals surface area contributed by atoms with E-state index in [4.69, 9.17) is 23.7 Å². The molecule has 27 heavy (non-hydrogen) atoms. The lowest BCUT2D eigenvalue weighted by Gasteiger charge is -2.14. The van der Waals surface area contributed by atoms with Crippen molar-refractivity contribution < 1.29 is 33.6 Å². The van der Waals surface area contributed by atoms with Crippen LogP contribution in [-0.4, -0.2) is 24.7 Å². The number of hydrogen-bond donors (Lipinski definition) is 1. The fraction of sp³-hybridized carbons (Fsp3) is 0.150. The van der Waals surface area contributed by atoms with Crippen molar-refractivity contribution in [3.05, 3.63) is 41.5 Å². The van der Waals surface area contributed by atoms with Gasteiger partial charge < -0.3 is 28.8 Å². The Morgan fingerprint density at radius 3 is 2.56 bits per heavy atom. The molecule has 3 aliphatic heterocycles. The Balaban J connectivity index is 1.75. The number of aromatic hydroxyl groups is 1. The van der Waals surface area contributed by atoms with Crippen molar-refractivity contribution in [2.75, 3.05) is 13.6 Å². The first-order valence-electron chi connectivity index (χ1n) is 8.39. The second-order valence-corrected chi connectivity index (χ2v) is 6.48. The molecule has 0 saturated heterocycles. The summed E-state index contributed by atoms with van der Waals surface area (Å²) in [5.74, 6) is 1.62. The molecule has 6 rings (SSSR count). The minimum atomic E-state index is -0.365. The van der Waals surface area contributed by atoms with Crippen molar-refractivity contribution in [1.29, 1.82) is 0 Å². The Labute approximate surface area is 152 Å². The Morgan fingerprint density at radius 2 is 1.67 bits per heavy atom. The summed E-state index contributed by atoms with van der Waals surface area (Å²) in [5, 5.41) is 12.0. The lowest BCUT2D eigenvalue weighted by molar-refractivity contribution is 0.0535. The molecule has 3 heterocycles. The van der Waals surface area contributed by atoms with Gasteiger partial charge >= 0.3 is 5.97 Å². The summed E-state index contributed by atoms with van der Waals surface area (Å²) in [4.78, 5) is 12.2. The maximum atomic E-state index is 12.2. The summed E-state index contributed by atoms with van der Waals surface area (Å²) < 4.78 is 27.3. The summed E-state index contributed by atoms with van der Waals surface area (Å²) in [7, 11) is 0. The number of carbonyl (C=O) groups is 1. The molecule has 0 aromatic heterocycles. The fourth-order valence-corrected chi connectivity index (χ4v) is 3.90. The Kier molecular flexibility index (Phi) is 2.68. The summed E-state index contributed by atoms with van der Waals surface area (Å²) >= 11 is 0. The van der Waals surface area contributed by atoms with E-state index in [0.29, 0.717) is 34.1 Å². The van der Waals surface area contributed by atoms with Crippen molar-refractivity contribution in [3.63, 3.8) is 0 Å². The maximum Gasteiger partial charge on any atom is 0.338 e. The van der Waals surface area contributed by atoms with Gasteiger partial charge in [-0.1, -0.05) is 6.07 Å². The first-order chi connectivity index (χ1) is 13.2. The number of cyclic esters (lactones) is 1. The number of ether oxygens (including phenoxy) is 5. The number of fused-ring (bicyclic) bond motifs is 5. The van der Waals surface area contributed by atoms with Crippen LogP contribution in [0.2, 0.25) is 0 Å². The van der Waals surface area contributed by atoms with Crippen molar-refractivity contribution in [1.82, 2.24) is 0 Å². The molecule has 0 bridgehead atoms. The Bertz CT molecular complexity index is 1170. The SMILES string of the molecule is O=C1OCc2c1cc1ccc3c(c1c2-c1cc(O)c2c(c1)OCO2)OCO3. The van der Waals surface area contributed by atoms with Crippen LogP contribution < -0.4 is 18.9 Å². The molecule has 0 spiro atoms. The molecule has 134 valence electrons. The van der Waals surface area contributed by atoms with Crippen molar-refractivity contribution in [2.45, 2.75) is 6.61 Å². The van der Waals surface area contributed by atoms with E-state index in [-0.39, 0.29) is 31.9 Å². The summed E-state index contributed by atoms with van der Waals surface area (Å²) in [6.07, 6.45) is 0. The molecule has 7 heteroatoms. The standard InChI is InChI=1S/C20H12O7/c21-13-4-10(5-15-18(13)26-8-25-15)16-12-6-23-20(22)11(12)3-9-1-2-14-19(17(9)16)27-7-24-14/h1-5,21H,6-8H2. The monoisotopic (exact) mass is 364 g/mol. The molecule has 0 aliphatic carbocycles.